The molecule has 4 aromatic rings. The minimum absolute atomic E-state index is 0.0637. The van der Waals surface area contributed by atoms with Gasteiger partial charge in [0.05, 0.1) is 17.6 Å². The van der Waals surface area contributed by atoms with Gasteiger partial charge in [-0.15, -0.1) is 0 Å². The molecule has 1 aliphatic rings. The summed E-state index contributed by atoms with van der Waals surface area (Å²) in [6.45, 7) is 2.01. The zero-order valence-electron chi connectivity index (χ0n) is 17.1. The molecule has 0 saturated carbocycles. The molecule has 1 aromatic carbocycles. The summed E-state index contributed by atoms with van der Waals surface area (Å²) in [5.41, 5.74) is 3.10. The van der Waals surface area contributed by atoms with Gasteiger partial charge in [0, 0.05) is 60.8 Å². The third-order valence-electron chi connectivity index (χ3n) is 6.01. The first kappa shape index (κ1) is 19.2. The fraction of sp³-hybridized carbons (Fsp3) is 0.250. The van der Waals surface area contributed by atoms with Crippen LogP contribution >= 0.6 is 0 Å². The molecule has 0 radical (unpaired) electrons. The van der Waals surface area contributed by atoms with Crippen molar-refractivity contribution in [2.75, 3.05) is 13.1 Å². The van der Waals surface area contributed by atoms with Gasteiger partial charge in [0.15, 0.2) is 0 Å². The van der Waals surface area contributed by atoms with Gasteiger partial charge < -0.3 is 9.88 Å². The highest BCUT2D eigenvalue weighted by Gasteiger charge is 2.25. The molecule has 31 heavy (non-hydrogen) atoms. The molecule has 0 bridgehead atoms. The van der Waals surface area contributed by atoms with E-state index in [2.05, 4.69) is 15.0 Å². The predicted octanol–water partition coefficient (Wildman–Crippen LogP) is 3.34. The Hall–Kier alpha value is -3.74. The van der Waals surface area contributed by atoms with Gasteiger partial charge in [0.2, 0.25) is 0 Å². The van der Waals surface area contributed by atoms with Crippen LogP contribution in [0.2, 0.25) is 0 Å². The smallest absolute Gasteiger partial charge is 0.256 e. The maximum absolute atomic E-state index is 13.0. The molecule has 5 rings (SSSR count). The van der Waals surface area contributed by atoms with Crippen LogP contribution in [-0.2, 0) is 6.54 Å². The number of carbonyl (C=O) groups excluding carboxylic acids is 1. The number of nitrogens with one attached hydrogen (secondary N) is 1. The monoisotopic (exact) mass is 413 g/mol. The van der Waals surface area contributed by atoms with E-state index in [9.17, 15) is 9.59 Å². The quantitative estimate of drug-likeness (QED) is 0.556. The fourth-order valence-electron chi connectivity index (χ4n) is 4.25. The van der Waals surface area contributed by atoms with E-state index in [0.717, 1.165) is 34.9 Å². The third kappa shape index (κ3) is 3.86. The summed E-state index contributed by atoms with van der Waals surface area (Å²) >= 11 is 0. The standard InChI is InChI=1S/C24H23N5O2/c30-23-12-22(18-4-3-9-25-13-18)27-16-29(23)15-17-7-10-28(11-8-17)24(31)20-14-26-21-6-2-1-5-19(20)21/h1-6,9,12-14,16-17,26H,7-8,10-11,15H2. The van der Waals surface area contributed by atoms with Gasteiger partial charge in [-0.3, -0.25) is 19.1 Å². The van der Waals surface area contributed by atoms with Crippen LogP contribution in [0.4, 0.5) is 0 Å². The SMILES string of the molecule is O=C(c1c[nH]c2ccccc12)N1CCC(Cn2cnc(-c3cccnc3)cc2=O)CC1. The van der Waals surface area contributed by atoms with E-state index in [1.165, 1.54) is 0 Å². The van der Waals surface area contributed by atoms with E-state index in [0.29, 0.717) is 31.2 Å². The lowest BCUT2D eigenvalue weighted by molar-refractivity contribution is 0.0684. The molecule has 0 spiro atoms. The number of likely N-dealkylation sites (tertiary alicyclic amines) is 1. The second-order valence-electron chi connectivity index (χ2n) is 7.99. The first-order chi connectivity index (χ1) is 15.2. The molecular formula is C24H23N5O2. The Bertz CT molecular complexity index is 1270. The number of benzene rings is 1. The Balaban J connectivity index is 1.23. The van der Waals surface area contributed by atoms with Crippen LogP contribution in [0.15, 0.2) is 72.2 Å². The van der Waals surface area contributed by atoms with E-state index >= 15 is 0 Å². The van der Waals surface area contributed by atoms with Crippen molar-refractivity contribution in [1.82, 2.24) is 24.4 Å². The third-order valence-corrected chi connectivity index (χ3v) is 6.01. The van der Waals surface area contributed by atoms with Crippen molar-refractivity contribution in [3.63, 3.8) is 0 Å². The van der Waals surface area contributed by atoms with Crippen LogP contribution in [0.5, 0.6) is 0 Å². The van der Waals surface area contributed by atoms with E-state index in [1.807, 2.05) is 41.3 Å². The maximum atomic E-state index is 13.0. The topological polar surface area (TPSA) is 83.9 Å². The van der Waals surface area contributed by atoms with Gasteiger partial charge in [0.25, 0.3) is 11.5 Å². The van der Waals surface area contributed by atoms with E-state index in [4.69, 9.17) is 0 Å². The Labute approximate surface area is 179 Å². The average molecular weight is 413 g/mol. The lowest BCUT2D eigenvalue weighted by Crippen LogP contribution is -2.40. The molecule has 1 aliphatic heterocycles. The molecule has 1 N–H and O–H groups in total. The number of hydrogen-bond acceptors (Lipinski definition) is 4. The van der Waals surface area contributed by atoms with Crippen molar-refractivity contribution >= 4 is 16.8 Å². The van der Waals surface area contributed by atoms with Crippen molar-refractivity contribution in [2.24, 2.45) is 5.92 Å². The Morgan fingerprint density at radius 1 is 1.13 bits per heavy atom. The second kappa shape index (κ2) is 8.18. The summed E-state index contributed by atoms with van der Waals surface area (Å²) < 4.78 is 1.67. The molecule has 0 aliphatic carbocycles. The van der Waals surface area contributed by atoms with Crippen LogP contribution in [0.3, 0.4) is 0 Å². The number of nitrogens with zero attached hydrogens (tertiary/aromatic N) is 4. The first-order valence-corrected chi connectivity index (χ1v) is 10.5. The molecule has 3 aromatic heterocycles. The fourth-order valence-corrected chi connectivity index (χ4v) is 4.25. The average Bonchev–Trinajstić information content (AvgIpc) is 3.25. The molecule has 1 amide bonds. The van der Waals surface area contributed by atoms with Crippen LogP contribution in [0.25, 0.3) is 22.2 Å². The number of aromatic amines is 1. The molecule has 0 unspecified atom stereocenters. The molecule has 156 valence electrons. The Morgan fingerprint density at radius 2 is 1.97 bits per heavy atom. The largest absolute Gasteiger partial charge is 0.360 e. The minimum Gasteiger partial charge on any atom is -0.360 e. The number of H-pyrrole nitrogens is 1. The number of amides is 1. The maximum Gasteiger partial charge on any atom is 0.256 e. The van der Waals surface area contributed by atoms with Gasteiger partial charge in [-0.05, 0) is 37.0 Å². The summed E-state index contributed by atoms with van der Waals surface area (Å²) in [6, 6.07) is 13.1. The molecule has 7 heteroatoms. The number of carbonyl (C=O) groups is 1. The number of fused-ring (bicyclic) bond motifs is 1. The van der Waals surface area contributed by atoms with Gasteiger partial charge in [0.1, 0.15) is 0 Å². The second-order valence-corrected chi connectivity index (χ2v) is 7.99. The molecule has 7 nitrogen and oxygen atoms in total. The van der Waals surface area contributed by atoms with Crippen molar-refractivity contribution in [2.45, 2.75) is 19.4 Å². The molecule has 4 heterocycles. The van der Waals surface area contributed by atoms with E-state index in [-0.39, 0.29) is 11.5 Å². The zero-order valence-corrected chi connectivity index (χ0v) is 17.1. The van der Waals surface area contributed by atoms with Crippen LogP contribution in [-0.4, -0.2) is 43.4 Å². The van der Waals surface area contributed by atoms with Gasteiger partial charge in [-0.1, -0.05) is 18.2 Å². The Kier molecular flexibility index (Phi) is 5.08. The predicted molar refractivity (Wildman–Crippen MR) is 119 cm³/mol. The molecule has 1 saturated heterocycles. The highest BCUT2D eigenvalue weighted by Crippen LogP contribution is 2.24. The number of aromatic nitrogens is 4. The summed E-state index contributed by atoms with van der Waals surface area (Å²) in [6.07, 6.45) is 8.55. The summed E-state index contributed by atoms with van der Waals surface area (Å²) in [5, 5.41) is 0.959. The summed E-state index contributed by atoms with van der Waals surface area (Å²) in [7, 11) is 0. The van der Waals surface area contributed by atoms with Crippen LogP contribution in [0.1, 0.15) is 23.2 Å². The number of piperidine rings is 1. The van der Waals surface area contributed by atoms with E-state index in [1.54, 1.807) is 35.6 Å². The van der Waals surface area contributed by atoms with Gasteiger partial charge in [-0.25, -0.2) is 4.98 Å². The lowest BCUT2D eigenvalue weighted by Gasteiger charge is -2.32. The van der Waals surface area contributed by atoms with E-state index < -0.39 is 0 Å². The Morgan fingerprint density at radius 3 is 2.74 bits per heavy atom. The number of para-hydroxylation sites is 1. The van der Waals surface area contributed by atoms with Gasteiger partial charge >= 0.3 is 0 Å². The molecular weight excluding hydrogens is 390 g/mol. The lowest BCUT2D eigenvalue weighted by atomic mass is 9.96. The summed E-state index contributed by atoms with van der Waals surface area (Å²) in [5.74, 6) is 0.409. The number of hydrogen-bond donors (Lipinski definition) is 1. The summed E-state index contributed by atoms with van der Waals surface area (Å²) in [4.78, 5) is 39.2. The minimum atomic E-state index is -0.0637. The van der Waals surface area contributed by atoms with Crippen molar-refractivity contribution in [3.05, 3.63) is 83.3 Å². The zero-order chi connectivity index (χ0) is 21.2. The van der Waals surface area contributed by atoms with Crippen LogP contribution in [0, 0.1) is 5.92 Å². The first-order valence-electron chi connectivity index (χ1n) is 10.5. The number of pyridine rings is 1. The normalized spacial score (nSPS) is 14.8. The van der Waals surface area contributed by atoms with Crippen molar-refractivity contribution < 1.29 is 4.79 Å². The van der Waals surface area contributed by atoms with Crippen molar-refractivity contribution in [1.29, 1.82) is 0 Å². The number of rotatable bonds is 4. The van der Waals surface area contributed by atoms with Crippen LogP contribution < -0.4 is 5.56 Å². The highest BCUT2D eigenvalue weighted by molar-refractivity contribution is 6.06. The van der Waals surface area contributed by atoms with Gasteiger partial charge in [-0.2, -0.15) is 0 Å². The highest BCUT2D eigenvalue weighted by atomic mass is 16.2. The van der Waals surface area contributed by atoms with Crippen molar-refractivity contribution in [3.8, 4) is 11.3 Å². The molecule has 0 atom stereocenters. The molecule has 1 fully saturated rings.